The van der Waals surface area contributed by atoms with E-state index in [1.165, 1.54) is 0 Å². The minimum atomic E-state index is -0.348. The molecule has 4 nitrogen and oxygen atoms in total. The highest BCUT2D eigenvalue weighted by atomic mass is 35.5. The minimum Gasteiger partial charge on any atom is -0.466 e. The molecule has 0 bridgehead atoms. The molecule has 0 unspecified atom stereocenters. The molecule has 2 aromatic heterocycles. The number of thiophene rings is 1. The molecule has 0 N–H and O–H groups in total. The third kappa shape index (κ3) is 3.21. The molecule has 0 fully saturated rings. The highest BCUT2D eigenvalue weighted by Crippen LogP contribution is 2.40. The Hall–Kier alpha value is -1.98. The van der Waals surface area contributed by atoms with Crippen LogP contribution >= 0.6 is 22.9 Å². The Labute approximate surface area is 143 Å². The fraction of sp³-hybridized carbons (Fsp3) is 0.235. The first-order valence-electron chi connectivity index (χ1n) is 7.26. The molecule has 0 aliphatic rings. The molecular weight excluding hydrogens is 332 g/mol. The van der Waals surface area contributed by atoms with Gasteiger partial charge in [0.2, 0.25) is 0 Å². The van der Waals surface area contributed by atoms with E-state index in [9.17, 15) is 4.79 Å². The number of esters is 1. The summed E-state index contributed by atoms with van der Waals surface area (Å²) in [4.78, 5) is 22.3. The predicted octanol–water partition coefficient (Wildman–Crippen LogP) is 4.43. The Morgan fingerprint density at radius 1 is 1.26 bits per heavy atom. The lowest BCUT2D eigenvalue weighted by atomic mass is 10.0. The average molecular weight is 347 g/mol. The normalized spacial score (nSPS) is 10.9. The summed E-state index contributed by atoms with van der Waals surface area (Å²) >= 11 is 7.95. The number of aryl methyl sites for hydroxylation is 1. The maximum absolute atomic E-state index is 11.6. The highest BCUT2D eigenvalue weighted by molar-refractivity contribution is 7.19. The van der Waals surface area contributed by atoms with E-state index >= 15 is 0 Å². The summed E-state index contributed by atoms with van der Waals surface area (Å²) in [5, 5.41) is 1.21. The standard InChI is InChI=1S/C17H15ClN2O2S/c1-3-22-13(21)9-12-19-16(18)15-14(10(2)23-17(15)20-12)11-7-5-4-6-8-11/h4-8H,3,9H2,1-2H3. The highest BCUT2D eigenvalue weighted by Gasteiger charge is 2.18. The molecule has 0 atom stereocenters. The Bertz CT molecular complexity index is 862. The summed E-state index contributed by atoms with van der Waals surface area (Å²) in [5.41, 5.74) is 2.14. The Morgan fingerprint density at radius 3 is 2.70 bits per heavy atom. The second kappa shape index (κ2) is 6.64. The minimum absolute atomic E-state index is 0.0289. The van der Waals surface area contributed by atoms with Crippen molar-refractivity contribution in [3.8, 4) is 11.1 Å². The van der Waals surface area contributed by atoms with E-state index in [1.807, 2.05) is 37.3 Å². The van der Waals surface area contributed by atoms with Crippen LogP contribution in [0, 0.1) is 6.92 Å². The molecule has 2 heterocycles. The van der Waals surface area contributed by atoms with Gasteiger partial charge in [-0.25, -0.2) is 9.97 Å². The average Bonchev–Trinajstić information content (AvgIpc) is 2.85. The maximum atomic E-state index is 11.6. The van der Waals surface area contributed by atoms with Crippen LogP contribution in [-0.2, 0) is 16.0 Å². The molecule has 0 saturated heterocycles. The van der Waals surface area contributed by atoms with Crippen LogP contribution in [0.15, 0.2) is 30.3 Å². The number of hydrogen-bond donors (Lipinski definition) is 0. The summed E-state index contributed by atoms with van der Waals surface area (Å²) in [6.45, 7) is 4.14. The quantitative estimate of drug-likeness (QED) is 0.518. The van der Waals surface area contributed by atoms with Crippen LogP contribution in [0.4, 0.5) is 0 Å². The monoisotopic (exact) mass is 346 g/mol. The molecule has 1 aromatic carbocycles. The molecule has 0 saturated carbocycles. The molecule has 0 amide bonds. The molecule has 3 rings (SSSR count). The smallest absolute Gasteiger partial charge is 0.313 e. The van der Waals surface area contributed by atoms with Gasteiger partial charge in [0.25, 0.3) is 0 Å². The van der Waals surface area contributed by atoms with Crippen LogP contribution in [0.25, 0.3) is 21.3 Å². The Kier molecular flexibility index (Phi) is 4.59. The van der Waals surface area contributed by atoms with E-state index in [0.29, 0.717) is 17.6 Å². The van der Waals surface area contributed by atoms with Crippen molar-refractivity contribution in [3.63, 3.8) is 0 Å². The predicted molar refractivity (Wildman–Crippen MR) is 92.9 cm³/mol. The largest absolute Gasteiger partial charge is 0.466 e. The van der Waals surface area contributed by atoms with Crippen LogP contribution < -0.4 is 0 Å². The van der Waals surface area contributed by atoms with E-state index in [4.69, 9.17) is 16.3 Å². The van der Waals surface area contributed by atoms with Gasteiger partial charge in [0.05, 0.1) is 12.0 Å². The number of fused-ring (bicyclic) bond motifs is 1. The zero-order valence-corrected chi connectivity index (χ0v) is 14.4. The van der Waals surface area contributed by atoms with Crippen LogP contribution in [0.2, 0.25) is 5.15 Å². The van der Waals surface area contributed by atoms with Gasteiger partial charge in [0.15, 0.2) is 0 Å². The molecule has 0 aliphatic carbocycles. The zero-order valence-electron chi connectivity index (χ0n) is 12.8. The first-order valence-corrected chi connectivity index (χ1v) is 8.46. The third-order valence-electron chi connectivity index (χ3n) is 3.40. The van der Waals surface area contributed by atoms with Gasteiger partial charge in [-0.05, 0) is 19.4 Å². The van der Waals surface area contributed by atoms with Crippen molar-refractivity contribution in [3.05, 3.63) is 46.2 Å². The summed E-state index contributed by atoms with van der Waals surface area (Å²) in [6.07, 6.45) is 0.0289. The number of hydrogen-bond acceptors (Lipinski definition) is 5. The molecule has 3 aromatic rings. The van der Waals surface area contributed by atoms with Crippen molar-refractivity contribution in [2.45, 2.75) is 20.3 Å². The summed E-state index contributed by atoms with van der Waals surface area (Å²) in [5.74, 6) is 0.0429. The van der Waals surface area contributed by atoms with Crippen LogP contribution in [0.5, 0.6) is 0 Å². The fourth-order valence-corrected chi connectivity index (χ4v) is 3.89. The van der Waals surface area contributed by atoms with Crippen molar-refractivity contribution in [2.24, 2.45) is 0 Å². The number of rotatable bonds is 4. The van der Waals surface area contributed by atoms with E-state index < -0.39 is 0 Å². The fourth-order valence-electron chi connectivity index (χ4n) is 2.48. The first-order chi connectivity index (χ1) is 11.1. The number of benzene rings is 1. The Morgan fingerprint density at radius 2 is 2.00 bits per heavy atom. The van der Waals surface area contributed by atoms with Gasteiger partial charge >= 0.3 is 5.97 Å². The van der Waals surface area contributed by atoms with Gasteiger partial charge in [0.1, 0.15) is 22.2 Å². The zero-order chi connectivity index (χ0) is 16.4. The summed E-state index contributed by atoms with van der Waals surface area (Å²) in [7, 11) is 0. The van der Waals surface area contributed by atoms with Crippen molar-refractivity contribution >= 4 is 39.1 Å². The van der Waals surface area contributed by atoms with Gasteiger partial charge in [-0.2, -0.15) is 0 Å². The number of halogens is 1. The second-order valence-electron chi connectivity index (χ2n) is 4.99. The first kappa shape index (κ1) is 15.9. The number of ether oxygens (including phenoxy) is 1. The van der Waals surface area contributed by atoms with Crippen molar-refractivity contribution in [1.29, 1.82) is 0 Å². The molecule has 0 radical (unpaired) electrons. The maximum Gasteiger partial charge on any atom is 0.313 e. The Balaban J connectivity index is 2.09. The number of nitrogens with zero attached hydrogens (tertiary/aromatic N) is 2. The second-order valence-corrected chi connectivity index (χ2v) is 6.55. The molecular formula is C17H15ClN2O2S. The lowest BCUT2D eigenvalue weighted by molar-refractivity contribution is -0.142. The number of carbonyl (C=O) groups excluding carboxylic acids is 1. The van der Waals surface area contributed by atoms with E-state index in [2.05, 4.69) is 9.97 Å². The van der Waals surface area contributed by atoms with Crippen molar-refractivity contribution < 1.29 is 9.53 Å². The van der Waals surface area contributed by atoms with E-state index in [-0.39, 0.29) is 12.4 Å². The number of aromatic nitrogens is 2. The lowest BCUT2D eigenvalue weighted by Gasteiger charge is -2.05. The topological polar surface area (TPSA) is 52.1 Å². The van der Waals surface area contributed by atoms with Gasteiger partial charge in [-0.15, -0.1) is 11.3 Å². The number of carbonyl (C=O) groups is 1. The molecule has 0 spiro atoms. The third-order valence-corrected chi connectivity index (χ3v) is 4.67. The van der Waals surface area contributed by atoms with Gasteiger partial charge < -0.3 is 4.74 Å². The van der Waals surface area contributed by atoms with Crippen molar-refractivity contribution in [1.82, 2.24) is 9.97 Å². The molecule has 6 heteroatoms. The van der Waals surface area contributed by atoms with Gasteiger partial charge in [-0.3, -0.25) is 4.79 Å². The molecule has 23 heavy (non-hydrogen) atoms. The van der Waals surface area contributed by atoms with Crippen molar-refractivity contribution in [2.75, 3.05) is 6.61 Å². The lowest BCUT2D eigenvalue weighted by Crippen LogP contribution is -2.10. The van der Waals surface area contributed by atoms with Crippen LogP contribution in [0.1, 0.15) is 17.6 Å². The molecule has 0 aliphatic heterocycles. The summed E-state index contributed by atoms with van der Waals surface area (Å²) < 4.78 is 4.94. The SMILES string of the molecule is CCOC(=O)Cc1nc(Cl)c2c(-c3ccccc3)c(C)sc2n1. The molecule has 118 valence electrons. The van der Waals surface area contributed by atoms with E-state index in [0.717, 1.165) is 26.2 Å². The van der Waals surface area contributed by atoms with Crippen LogP contribution in [0.3, 0.4) is 0 Å². The van der Waals surface area contributed by atoms with Crippen LogP contribution in [-0.4, -0.2) is 22.5 Å². The van der Waals surface area contributed by atoms with Gasteiger partial charge in [-0.1, -0.05) is 41.9 Å². The summed E-state index contributed by atoms with van der Waals surface area (Å²) in [6, 6.07) is 10.0. The van der Waals surface area contributed by atoms with E-state index in [1.54, 1.807) is 18.3 Å². The van der Waals surface area contributed by atoms with Gasteiger partial charge in [0, 0.05) is 10.4 Å².